The maximum absolute atomic E-state index is 2.45. The van der Waals surface area contributed by atoms with Crippen LogP contribution in [0.5, 0.6) is 0 Å². The minimum atomic E-state index is -2.35. The molecule has 0 heterocycles. The van der Waals surface area contributed by atoms with E-state index < -0.39 is 35.0 Å². The second-order valence-corrected chi connectivity index (χ2v) is 18.1. The zero-order chi connectivity index (χ0) is 18.1. The van der Waals surface area contributed by atoms with Gasteiger partial charge in [0.15, 0.2) is 0 Å². The van der Waals surface area contributed by atoms with Gasteiger partial charge < -0.3 is 0 Å². The van der Waals surface area contributed by atoms with E-state index in [9.17, 15) is 0 Å². The molecule has 0 spiro atoms. The van der Waals surface area contributed by atoms with E-state index in [1.54, 1.807) is 16.7 Å². The van der Waals surface area contributed by atoms with E-state index in [2.05, 4.69) is 78.0 Å². The summed E-state index contributed by atoms with van der Waals surface area (Å²) in [4.78, 5) is 0. The predicted octanol–water partition coefficient (Wildman–Crippen LogP) is 7.22. The molecule has 0 bridgehead atoms. The monoisotopic (exact) mass is 462 g/mol. The first-order valence-corrected chi connectivity index (χ1v) is 15.7. The van der Waals surface area contributed by atoms with Crippen LogP contribution in [0.1, 0.15) is 60.8 Å². The summed E-state index contributed by atoms with van der Waals surface area (Å²) in [6.07, 6.45) is 18.3. The first-order chi connectivity index (χ1) is 11.9. The van der Waals surface area contributed by atoms with Crippen LogP contribution in [0.25, 0.3) is 0 Å². The average molecular weight is 462 g/mol. The van der Waals surface area contributed by atoms with Crippen LogP contribution in [0, 0.1) is 52.8 Å². The van der Waals surface area contributed by atoms with Gasteiger partial charge in [-0.25, -0.2) is 0 Å². The summed E-state index contributed by atoms with van der Waals surface area (Å²) in [5, 5.41) is 0. The summed E-state index contributed by atoms with van der Waals surface area (Å²) in [5.74, 6) is 1.98. The van der Waals surface area contributed by atoms with E-state index in [1.165, 1.54) is 19.3 Å². The summed E-state index contributed by atoms with van der Waals surface area (Å²) in [6, 6.07) is 0. The fourth-order valence-electron chi connectivity index (χ4n) is 4.79. The molecule has 0 N–H and O–H groups in total. The van der Waals surface area contributed by atoms with Crippen molar-refractivity contribution in [2.24, 2.45) is 17.8 Å². The molecule has 3 rings (SSSR count). The molecule has 0 aliphatic heterocycles. The van der Waals surface area contributed by atoms with Crippen molar-refractivity contribution in [3.8, 4) is 0 Å². The number of allylic oxidation sites excluding steroid dienone is 12. The molecule has 0 fully saturated rings. The Morgan fingerprint density at radius 2 is 0.840 bits per heavy atom. The van der Waals surface area contributed by atoms with E-state index >= 15 is 0 Å². The predicted molar refractivity (Wildman–Crippen MR) is 107 cm³/mol. The van der Waals surface area contributed by atoms with Crippen molar-refractivity contribution in [1.29, 1.82) is 0 Å². The molecule has 3 aliphatic rings. The molecular weight excluding hydrogens is 429 g/mol. The Morgan fingerprint density at radius 3 is 1.08 bits per heavy atom. The van der Waals surface area contributed by atoms with Gasteiger partial charge in [-0.15, -0.1) is 0 Å². The standard InChI is InChI=1S/3C8H11.Pr/c3*1-7(2)8-5-3-4-6-8;/h3*3,5,7H,4H2,1-2H3;. The first kappa shape index (κ1) is 19.6. The third-order valence-corrected chi connectivity index (χ3v) is 18.1. The van der Waals surface area contributed by atoms with Gasteiger partial charge >= 0.3 is 170 Å². The van der Waals surface area contributed by atoms with Crippen molar-refractivity contribution < 1.29 is 35.0 Å². The summed E-state index contributed by atoms with van der Waals surface area (Å²) in [6.45, 7) is 14.3. The van der Waals surface area contributed by atoms with E-state index in [1.807, 2.05) is 3.47 Å². The quantitative estimate of drug-likeness (QED) is 0.391. The maximum atomic E-state index is 2.45. The summed E-state index contributed by atoms with van der Waals surface area (Å²) in [5.41, 5.74) is 5.03. The molecular formula is C24H33Pr. The number of hydrogen-bond donors (Lipinski definition) is 0. The molecule has 25 heavy (non-hydrogen) atoms. The van der Waals surface area contributed by atoms with E-state index in [0.29, 0.717) is 17.8 Å². The molecule has 0 aromatic carbocycles. The minimum absolute atomic E-state index is 0.658. The molecule has 0 aromatic rings. The summed E-state index contributed by atoms with van der Waals surface area (Å²) in [7, 11) is 0. The van der Waals surface area contributed by atoms with Gasteiger partial charge in [-0.1, -0.05) is 0 Å². The van der Waals surface area contributed by atoms with Crippen LogP contribution >= 0.6 is 0 Å². The van der Waals surface area contributed by atoms with Crippen LogP contribution in [0.4, 0.5) is 0 Å². The van der Waals surface area contributed by atoms with Crippen molar-refractivity contribution in [1.82, 2.24) is 0 Å². The van der Waals surface area contributed by atoms with Crippen molar-refractivity contribution in [2.75, 3.05) is 0 Å². The molecule has 0 atom stereocenters. The van der Waals surface area contributed by atoms with Crippen molar-refractivity contribution in [3.63, 3.8) is 0 Å². The normalized spacial score (nSPS) is 20.0. The molecule has 0 saturated heterocycles. The fraction of sp³-hybridized carbons (Fsp3) is 0.500. The molecule has 3 aliphatic carbocycles. The SMILES string of the molecule is CC(C)C1=[C]([Pr]([C]2=C(C(C)C)C=CC2)[C]2=C(C(C)C)C=CC2)CC=C1. The Morgan fingerprint density at radius 1 is 0.560 bits per heavy atom. The van der Waals surface area contributed by atoms with Gasteiger partial charge in [-0.05, 0) is 0 Å². The fourth-order valence-corrected chi connectivity index (χ4v) is 19.8. The molecule has 0 nitrogen and oxygen atoms in total. The van der Waals surface area contributed by atoms with Crippen LogP contribution in [0.15, 0.2) is 56.6 Å². The second kappa shape index (κ2) is 8.22. The van der Waals surface area contributed by atoms with Gasteiger partial charge in [0.05, 0.1) is 0 Å². The second-order valence-electron chi connectivity index (χ2n) is 8.66. The van der Waals surface area contributed by atoms with Crippen LogP contribution in [-0.4, -0.2) is 0 Å². The molecule has 0 radical (unpaired) electrons. The summed E-state index contributed by atoms with van der Waals surface area (Å²) < 4.78 is 5.68. The van der Waals surface area contributed by atoms with E-state index in [4.69, 9.17) is 0 Å². The van der Waals surface area contributed by atoms with Crippen molar-refractivity contribution in [3.05, 3.63) is 56.6 Å². The Hall–Kier alpha value is -0.196. The van der Waals surface area contributed by atoms with Gasteiger partial charge in [-0.3, -0.25) is 0 Å². The third kappa shape index (κ3) is 3.91. The molecule has 132 valence electrons. The average Bonchev–Trinajstić information content (AvgIpc) is 3.28. The van der Waals surface area contributed by atoms with Crippen molar-refractivity contribution >= 4 is 0 Å². The zero-order valence-electron chi connectivity index (χ0n) is 16.9. The van der Waals surface area contributed by atoms with E-state index in [-0.39, 0.29) is 0 Å². The number of hydrogen-bond acceptors (Lipinski definition) is 0. The van der Waals surface area contributed by atoms with Gasteiger partial charge in [0.2, 0.25) is 0 Å². The first-order valence-electron chi connectivity index (χ1n) is 10.1. The van der Waals surface area contributed by atoms with Gasteiger partial charge in [-0.2, -0.15) is 0 Å². The molecule has 1 heteroatoms. The van der Waals surface area contributed by atoms with E-state index in [0.717, 1.165) is 0 Å². The van der Waals surface area contributed by atoms with Crippen molar-refractivity contribution in [2.45, 2.75) is 60.8 Å². The van der Waals surface area contributed by atoms with Gasteiger partial charge in [0.1, 0.15) is 0 Å². The van der Waals surface area contributed by atoms with Crippen LogP contribution in [0.3, 0.4) is 0 Å². The van der Waals surface area contributed by atoms with Crippen LogP contribution in [-0.2, 0) is 0 Å². The summed E-state index contributed by atoms with van der Waals surface area (Å²) >= 11 is -2.35. The topological polar surface area (TPSA) is 0 Å². The number of rotatable bonds is 6. The zero-order valence-corrected chi connectivity index (χ0v) is 20.6. The Kier molecular flexibility index (Phi) is 6.43. The Bertz CT molecular complexity index is 617. The van der Waals surface area contributed by atoms with Crippen LogP contribution < -0.4 is 0 Å². The third-order valence-electron chi connectivity index (χ3n) is 5.93. The van der Waals surface area contributed by atoms with Gasteiger partial charge in [0.25, 0.3) is 0 Å². The molecule has 0 aromatic heterocycles. The Balaban J connectivity index is 2.17. The van der Waals surface area contributed by atoms with Crippen LogP contribution in [0.2, 0.25) is 0 Å². The molecule has 0 saturated carbocycles. The van der Waals surface area contributed by atoms with Gasteiger partial charge in [0, 0.05) is 0 Å². The molecule has 0 unspecified atom stereocenters. The Labute approximate surface area is 168 Å². The molecule has 0 amide bonds.